The van der Waals surface area contributed by atoms with Gasteiger partial charge >= 0.3 is 0 Å². The number of nitrogens with zero attached hydrogens (tertiary/aromatic N) is 1. The van der Waals surface area contributed by atoms with E-state index in [4.69, 9.17) is 4.42 Å². The molecule has 0 atom stereocenters. The number of likely N-dealkylation sites (tertiary alicyclic amines) is 1. The van der Waals surface area contributed by atoms with Gasteiger partial charge in [0.15, 0.2) is 0 Å². The van der Waals surface area contributed by atoms with Gasteiger partial charge in [0, 0.05) is 25.2 Å². The van der Waals surface area contributed by atoms with Crippen molar-refractivity contribution in [2.24, 2.45) is 0 Å². The molecule has 0 bridgehead atoms. The quantitative estimate of drug-likeness (QED) is 0.809. The van der Waals surface area contributed by atoms with E-state index in [0.717, 1.165) is 5.76 Å². The second-order valence-corrected chi connectivity index (χ2v) is 8.82. The van der Waals surface area contributed by atoms with Crippen molar-refractivity contribution in [3.05, 3.63) is 47.2 Å². The molecule has 1 aliphatic rings. The SMILES string of the molecule is Cc1ccc(/C=C/C(=O)N2CCC(NS(=O)(=O)c3cccs3)CC2)o1. The molecule has 3 heterocycles. The predicted octanol–water partition coefficient (Wildman–Crippen LogP) is 2.63. The molecule has 1 N–H and O–H groups in total. The van der Waals surface area contributed by atoms with Crippen LogP contribution in [0.1, 0.15) is 24.4 Å². The van der Waals surface area contributed by atoms with E-state index in [0.29, 0.717) is 35.9 Å². The van der Waals surface area contributed by atoms with Crippen LogP contribution in [0.5, 0.6) is 0 Å². The van der Waals surface area contributed by atoms with Crippen LogP contribution in [-0.4, -0.2) is 38.4 Å². The molecule has 6 nitrogen and oxygen atoms in total. The monoisotopic (exact) mass is 380 g/mol. The van der Waals surface area contributed by atoms with Crippen molar-refractivity contribution in [3.8, 4) is 0 Å². The Balaban J connectivity index is 1.51. The number of rotatable bonds is 5. The highest BCUT2D eigenvalue weighted by Crippen LogP contribution is 2.19. The highest BCUT2D eigenvalue weighted by Gasteiger charge is 2.26. The van der Waals surface area contributed by atoms with Crippen LogP contribution in [0.4, 0.5) is 0 Å². The van der Waals surface area contributed by atoms with E-state index in [1.807, 2.05) is 19.1 Å². The number of piperidine rings is 1. The van der Waals surface area contributed by atoms with Crippen molar-refractivity contribution in [1.29, 1.82) is 0 Å². The number of hydrogen-bond donors (Lipinski definition) is 1. The first-order valence-corrected chi connectivity index (χ1v) is 10.4. The van der Waals surface area contributed by atoms with Crippen molar-refractivity contribution in [2.45, 2.75) is 30.0 Å². The normalized spacial score (nSPS) is 16.6. The summed E-state index contributed by atoms with van der Waals surface area (Å²) in [7, 11) is -3.46. The minimum absolute atomic E-state index is 0.0892. The second kappa shape index (κ2) is 7.55. The fraction of sp³-hybridized carbons (Fsp3) is 0.353. The van der Waals surface area contributed by atoms with Crippen molar-refractivity contribution in [2.75, 3.05) is 13.1 Å². The summed E-state index contributed by atoms with van der Waals surface area (Å²) in [6.07, 6.45) is 4.35. The van der Waals surface area contributed by atoms with Crippen LogP contribution >= 0.6 is 11.3 Å². The maximum absolute atomic E-state index is 12.2. The third-order valence-electron chi connectivity index (χ3n) is 4.04. The highest BCUT2D eigenvalue weighted by atomic mass is 32.2. The average molecular weight is 380 g/mol. The predicted molar refractivity (Wildman–Crippen MR) is 96.7 cm³/mol. The fourth-order valence-corrected chi connectivity index (χ4v) is 5.03. The molecule has 134 valence electrons. The van der Waals surface area contributed by atoms with E-state index in [2.05, 4.69) is 4.72 Å². The third kappa shape index (κ3) is 4.59. The molecule has 0 radical (unpaired) electrons. The molecule has 3 rings (SSSR count). The topological polar surface area (TPSA) is 79.6 Å². The first kappa shape index (κ1) is 17.9. The molecule has 2 aromatic heterocycles. The van der Waals surface area contributed by atoms with E-state index >= 15 is 0 Å². The Morgan fingerprint density at radius 3 is 2.68 bits per heavy atom. The van der Waals surface area contributed by atoms with Gasteiger partial charge < -0.3 is 9.32 Å². The minimum atomic E-state index is -3.46. The van der Waals surface area contributed by atoms with Gasteiger partial charge in [0.25, 0.3) is 0 Å². The first-order chi connectivity index (χ1) is 11.9. The zero-order valence-corrected chi connectivity index (χ0v) is 15.5. The molecule has 0 aliphatic carbocycles. The maximum atomic E-state index is 12.2. The number of sulfonamides is 1. The van der Waals surface area contributed by atoms with Gasteiger partial charge in [-0.05, 0) is 49.4 Å². The number of carbonyl (C=O) groups is 1. The van der Waals surface area contributed by atoms with E-state index in [1.54, 1.807) is 28.5 Å². The average Bonchev–Trinajstić information content (AvgIpc) is 3.25. The van der Waals surface area contributed by atoms with E-state index in [-0.39, 0.29) is 11.9 Å². The zero-order chi connectivity index (χ0) is 17.9. The molecule has 1 aliphatic heterocycles. The first-order valence-electron chi connectivity index (χ1n) is 8.03. The Bertz CT molecular complexity index is 845. The van der Waals surface area contributed by atoms with E-state index < -0.39 is 10.0 Å². The van der Waals surface area contributed by atoms with Crippen molar-refractivity contribution in [1.82, 2.24) is 9.62 Å². The highest BCUT2D eigenvalue weighted by molar-refractivity contribution is 7.91. The number of nitrogens with one attached hydrogen (secondary N) is 1. The van der Waals surface area contributed by atoms with Gasteiger partial charge in [-0.2, -0.15) is 0 Å². The molecule has 1 fully saturated rings. The molecular weight excluding hydrogens is 360 g/mol. The molecular formula is C17H20N2O4S2. The lowest BCUT2D eigenvalue weighted by atomic mass is 10.1. The molecule has 0 saturated carbocycles. The molecule has 1 amide bonds. The number of thiophene rings is 1. The van der Waals surface area contributed by atoms with Gasteiger partial charge in [-0.25, -0.2) is 13.1 Å². The molecule has 0 unspecified atom stereocenters. The molecule has 1 saturated heterocycles. The Morgan fingerprint density at radius 2 is 2.08 bits per heavy atom. The van der Waals surface area contributed by atoms with Crippen LogP contribution < -0.4 is 4.72 Å². The van der Waals surface area contributed by atoms with Crippen molar-refractivity contribution in [3.63, 3.8) is 0 Å². The van der Waals surface area contributed by atoms with Crippen LogP contribution in [0.15, 0.2) is 44.3 Å². The van der Waals surface area contributed by atoms with E-state index in [1.165, 1.54) is 17.4 Å². The second-order valence-electron chi connectivity index (χ2n) is 5.93. The Kier molecular flexibility index (Phi) is 5.41. The minimum Gasteiger partial charge on any atom is -0.462 e. The number of amides is 1. The molecule has 8 heteroatoms. The van der Waals surface area contributed by atoms with Gasteiger partial charge in [-0.1, -0.05) is 6.07 Å². The lowest BCUT2D eigenvalue weighted by Gasteiger charge is -2.31. The zero-order valence-electron chi connectivity index (χ0n) is 13.8. The van der Waals surface area contributed by atoms with Crippen molar-refractivity contribution >= 4 is 33.3 Å². The lowest BCUT2D eigenvalue weighted by molar-refractivity contribution is -0.126. The van der Waals surface area contributed by atoms with Crippen LogP contribution in [-0.2, 0) is 14.8 Å². The molecule has 2 aromatic rings. The largest absolute Gasteiger partial charge is 0.462 e. The van der Waals surface area contributed by atoms with Gasteiger partial charge in [0.2, 0.25) is 15.9 Å². The van der Waals surface area contributed by atoms with Crippen LogP contribution in [0, 0.1) is 6.92 Å². The lowest BCUT2D eigenvalue weighted by Crippen LogP contribution is -2.46. The standard InChI is InChI=1S/C17H20N2O4S2/c1-13-4-5-15(23-13)6-7-16(20)19-10-8-14(9-11-19)18-25(21,22)17-3-2-12-24-17/h2-7,12,14,18H,8-11H2,1H3/b7-6+. The summed E-state index contributed by atoms with van der Waals surface area (Å²) in [5.74, 6) is 1.35. The molecule has 0 spiro atoms. The summed E-state index contributed by atoms with van der Waals surface area (Å²) in [5, 5.41) is 1.74. The smallest absolute Gasteiger partial charge is 0.250 e. The van der Waals surface area contributed by atoms with Gasteiger partial charge in [-0.3, -0.25) is 4.79 Å². The summed E-state index contributed by atoms with van der Waals surface area (Å²) in [4.78, 5) is 13.9. The maximum Gasteiger partial charge on any atom is 0.250 e. The Morgan fingerprint density at radius 1 is 1.32 bits per heavy atom. The summed E-state index contributed by atoms with van der Waals surface area (Å²) in [6, 6.07) is 6.81. The van der Waals surface area contributed by atoms with Crippen LogP contribution in [0.3, 0.4) is 0 Å². The number of aryl methyl sites for hydroxylation is 1. The fourth-order valence-electron chi connectivity index (χ4n) is 2.71. The summed E-state index contributed by atoms with van der Waals surface area (Å²) < 4.78 is 32.9. The third-order valence-corrected chi connectivity index (χ3v) is 6.96. The number of carbonyl (C=O) groups excluding carboxylic acids is 1. The Hall–Kier alpha value is -1.90. The summed E-state index contributed by atoms with van der Waals surface area (Å²) in [5.41, 5.74) is 0. The van der Waals surface area contributed by atoms with Gasteiger partial charge in [0.05, 0.1) is 0 Å². The summed E-state index contributed by atoms with van der Waals surface area (Å²) >= 11 is 1.20. The van der Waals surface area contributed by atoms with Crippen LogP contribution in [0.2, 0.25) is 0 Å². The van der Waals surface area contributed by atoms with Crippen LogP contribution in [0.25, 0.3) is 6.08 Å². The number of hydrogen-bond acceptors (Lipinski definition) is 5. The van der Waals surface area contributed by atoms with E-state index in [9.17, 15) is 13.2 Å². The Labute approximate surface area is 151 Å². The summed E-state index contributed by atoms with van der Waals surface area (Å²) in [6.45, 7) is 2.90. The van der Waals surface area contributed by atoms with Crippen molar-refractivity contribution < 1.29 is 17.6 Å². The molecule has 0 aromatic carbocycles. The van der Waals surface area contributed by atoms with Gasteiger partial charge in [0.1, 0.15) is 15.7 Å². The molecule has 25 heavy (non-hydrogen) atoms. The number of furan rings is 1. The van der Waals surface area contributed by atoms with Gasteiger partial charge in [-0.15, -0.1) is 11.3 Å².